The van der Waals surface area contributed by atoms with Gasteiger partial charge in [-0.25, -0.2) is 4.79 Å². The fourth-order valence-corrected chi connectivity index (χ4v) is 8.12. The fourth-order valence-electron chi connectivity index (χ4n) is 8.12. The van der Waals surface area contributed by atoms with Gasteiger partial charge in [0.25, 0.3) is 5.91 Å². The number of carbonyl (C=O) groups is 5. The van der Waals surface area contributed by atoms with Crippen LogP contribution in [0, 0.1) is 28.6 Å². The normalized spacial score (nSPS) is 26.1. The molecule has 0 spiro atoms. The van der Waals surface area contributed by atoms with E-state index in [1.165, 1.54) is 0 Å². The topological polar surface area (TPSA) is 151 Å². The van der Waals surface area contributed by atoms with Crippen molar-refractivity contribution in [3.8, 4) is 0 Å². The molecule has 0 bridgehead atoms. The van der Waals surface area contributed by atoms with Crippen molar-refractivity contribution >= 4 is 29.5 Å². The number of hydrogen-bond acceptors (Lipinski definition) is 5. The van der Waals surface area contributed by atoms with Gasteiger partial charge < -0.3 is 26.6 Å². The number of primary amides is 1. The first-order valence-corrected chi connectivity index (χ1v) is 17.2. The van der Waals surface area contributed by atoms with E-state index in [4.69, 9.17) is 5.73 Å². The Bertz CT molecular complexity index is 1330. The molecule has 46 heavy (non-hydrogen) atoms. The molecule has 1 aliphatic heterocycles. The average Bonchev–Trinajstić information content (AvgIpc) is 3.86. The lowest BCUT2D eigenvalue weighted by molar-refractivity contribution is -0.145. The summed E-state index contributed by atoms with van der Waals surface area (Å²) >= 11 is 0. The number of amides is 5. The van der Waals surface area contributed by atoms with Gasteiger partial charge in [-0.15, -0.1) is 0 Å². The molecule has 3 aliphatic carbocycles. The van der Waals surface area contributed by atoms with Gasteiger partial charge in [0.05, 0.1) is 6.04 Å². The number of fused-ring (bicyclic) bond motifs is 1. The summed E-state index contributed by atoms with van der Waals surface area (Å²) in [6.45, 7) is 10.3. The van der Waals surface area contributed by atoms with E-state index in [0.717, 1.165) is 56.9 Å². The highest BCUT2D eigenvalue weighted by Gasteiger charge is 2.70. The minimum absolute atomic E-state index is 0.0868. The second-order valence-electron chi connectivity index (χ2n) is 16.1. The maximum absolute atomic E-state index is 14.4. The van der Waals surface area contributed by atoms with E-state index in [1.54, 1.807) is 4.90 Å². The van der Waals surface area contributed by atoms with E-state index >= 15 is 0 Å². The van der Waals surface area contributed by atoms with Crippen molar-refractivity contribution in [1.82, 2.24) is 20.9 Å². The van der Waals surface area contributed by atoms with Crippen molar-refractivity contribution in [2.45, 2.75) is 122 Å². The molecule has 1 saturated heterocycles. The molecular formula is C36H53N5O5. The lowest BCUT2D eigenvalue weighted by Crippen LogP contribution is -2.63. The van der Waals surface area contributed by atoms with Gasteiger partial charge in [-0.3, -0.25) is 19.2 Å². The van der Waals surface area contributed by atoms with Crippen molar-refractivity contribution in [3.05, 3.63) is 35.9 Å². The second-order valence-corrected chi connectivity index (χ2v) is 16.1. The van der Waals surface area contributed by atoms with Gasteiger partial charge in [-0.1, -0.05) is 103 Å². The first-order valence-electron chi connectivity index (χ1n) is 17.2. The number of piperidine rings is 1. The number of nitrogens with zero attached hydrogens (tertiary/aromatic N) is 1. The molecule has 10 heteroatoms. The molecule has 5 amide bonds. The maximum Gasteiger partial charge on any atom is 0.315 e. The number of likely N-dealkylation sites (tertiary alicyclic amines) is 1. The number of nitrogens with one attached hydrogen (secondary N) is 3. The van der Waals surface area contributed by atoms with E-state index < -0.39 is 46.7 Å². The highest BCUT2D eigenvalue weighted by Crippen LogP contribution is 2.65. The summed E-state index contributed by atoms with van der Waals surface area (Å²) in [5.74, 6) is -2.33. The molecule has 0 aromatic heterocycles. The molecule has 5 N–H and O–H groups in total. The number of nitrogens with two attached hydrogens (primary N) is 1. The standard InChI is InChI=1S/C36H53N5O5/c1-34(2,3)29(39-33(46)40-36(17-11-6-7-12-18-36)20-23-13-9-8-10-14-23)32(45)41-21-24-26(35(24,4)5)27(41)31(44)38-25(19-22-15-16-22)28(42)30(37)43/h8-10,13-14,22,24-27,29H,6-7,11-12,15-21H2,1-5H3,(H2,37,43)(H,38,44)(H2,39,40,46)/t24-,25?,26-,27-,29+/m0/s1. The third-order valence-corrected chi connectivity index (χ3v) is 11.1. The van der Waals surface area contributed by atoms with Crippen LogP contribution in [0.5, 0.6) is 0 Å². The Balaban J connectivity index is 1.34. The zero-order chi connectivity index (χ0) is 33.4. The Hall–Kier alpha value is -3.43. The van der Waals surface area contributed by atoms with E-state index in [0.29, 0.717) is 19.4 Å². The van der Waals surface area contributed by atoms with Gasteiger partial charge in [0, 0.05) is 12.1 Å². The predicted octanol–water partition coefficient (Wildman–Crippen LogP) is 3.86. The van der Waals surface area contributed by atoms with Crippen LogP contribution < -0.4 is 21.7 Å². The molecular weight excluding hydrogens is 582 g/mol. The van der Waals surface area contributed by atoms with Crippen LogP contribution in [0.4, 0.5) is 4.79 Å². The summed E-state index contributed by atoms with van der Waals surface area (Å²) in [6, 6.07) is 7.11. The van der Waals surface area contributed by atoms with Crippen LogP contribution in [0.2, 0.25) is 0 Å². The molecule has 3 saturated carbocycles. The highest BCUT2D eigenvalue weighted by molar-refractivity contribution is 6.37. The quantitative estimate of drug-likeness (QED) is 0.215. The zero-order valence-electron chi connectivity index (χ0n) is 28.2. The van der Waals surface area contributed by atoms with Gasteiger partial charge in [-0.05, 0) is 59.8 Å². The summed E-state index contributed by atoms with van der Waals surface area (Å²) in [7, 11) is 0. The summed E-state index contributed by atoms with van der Waals surface area (Å²) in [6.07, 6.45) is 9.01. The van der Waals surface area contributed by atoms with Crippen LogP contribution in [0.25, 0.3) is 0 Å². The molecule has 1 heterocycles. The molecule has 0 radical (unpaired) electrons. The third-order valence-electron chi connectivity index (χ3n) is 11.1. The molecule has 10 nitrogen and oxygen atoms in total. The summed E-state index contributed by atoms with van der Waals surface area (Å²) in [4.78, 5) is 68.2. The predicted molar refractivity (Wildman–Crippen MR) is 175 cm³/mol. The lowest BCUT2D eigenvalue weighted by Gasteiger charge is -2.39. The van der Waals surface area contributed by atoms with Crippen LogP contribution in [0.15, 0.2) is 30.3 Å². The monoisotopic (exact) mass is 635 g/mol. The van der Waals surface area contributed by atoms with Gasteiger partial charge >= 0.3 is 6.03 Å². The van der Waals surface area contributed by atoms with E-state index in [1.807, 2.05) is 39.0 Å². The Morgan fingerprint density at radius 1 is 0.957 bits per heavy atom. The molecule has 1 aromatic carbocycles. The number of urea groups is 1. The SMILES string of the molecule is CC(C)(C)[C@H](NC(=O)NC1(Cc2ccccc2)CCCCCC1)C(=O)N1C[C@H]2[C@@H]([C@H]1C(=O)NC(CC1CC1)C(=O)C(N)=O)C2(C)C. The molecule has 5 atom stereocenters. The Morgan fingerprint density at radius 3 is 2.15 bits per heavy atom. The molecule has 1 unspecified atom stereocenters. The summed E-state index contributed by atoms with van der Waals surface area (Å²) in [5, 5.41) is 9.18. The zero-order valence-corrected chi connectivity index (χ0v) is 28.2. The number of ketones is 1. The maximum atomic E-state index is 14.4. The van der Waals surface area contributed by atoms with E-state index in [9.17, 15) is 24.0 Å². The molecule has 252 valence electrons. The molecule has 4 aliphatic rings. The van der Waals surface area contributed by atoms with Crippen LogP contribution in [0.1, 0.15) is 98.0 Å². The van der Waals surface area contributed by atoms with Crippen molar-refractivity contribution < 1.29 is 24.0 Å². The van der Waals surface area contributed by atoms with Crippen LogP contribution in [-0.2, 0) is 25.6 Å². The van der Waals surface area contributed by atoms with E-state index in [-0.39, 0.29) is 35.1 Å². The largest absolute Gasteiger partial charge is 0.363 e. The Kier molecular flexibility index (Phi) is 9.58. The van der Waals surface area contributed by atoms with Crippen LogP contribution in [0.3, 0.4) is 0 Å². The van der Waals surface area contributed by atoms with Gasteiger partial charge in [0.1, 0.15) is 12.1 Å². The summed E-state index contributed by atoms with van der Waals surface area (Å²) in [5.41, 5.74) is 5.27. The number of carbonyl (C=O) groups excluding carboxylic acids is 5. The fraction of sp³-hybridized carbons (Fsp3) is 0.694. The van der Waals surface area contributed by atoms with Crippen molar-refractivity contribution in [1.29, 1.82) is 0 Å². The first-order chi connectivity index (χ1) is 21.6. The van der Waals surface area contributed by atoms with Crippen molar-refractivity contribution in [2.75, 3.05) is 6.54 Å². The third kappa shape index (κ3) is 7.41. The smallest absolute Gasteiger partial charge is 0.315 e. The van der Waals surface area contributed by atoms with Gasteiger partial charge in [0.2, 0.25) is 17.6 Å². The number of rotatable bonds is 11. The number of Topliss-reactive ketones (excluding diaryl/α,β-unsaturated/α-hetero) is 1. The van der Waals surface area contributed by atoms with Crippen LogP contribution >= 0.6 is 0 Å². The average molecular weight is 636 g/mol. The summed E-state index contributed by atoms with van der Waals surface area (Å²) < 4.78 is 0. The van der Waals surface area contributed by atoms with Crippen molar-refractivity contribution in [3.63, 3.8) is 0 Å². The minimum atomic E-state index is -1.07. The Labute approximate surface area is 273 Å². The highest BCUT2D eigenvalue weighted by atomic mass is 16.2. The number of benzene rings is 1. The molecule has 5 rings (SSSR count). The second kappa shape index (κ2) is 13.0. The van der Waals surface area contributed by atoms with Crippen LogP contribution in [-0.4, -0.2) is 64.6 Å². The van der Waals surface area contributed by atoms with Crippen molar-refractivity contribution in [2.24, 2.45) is 34.3 Å². The van der Waals surface area contributed by atoms with Gasteiger partial charge in [0.15, 0.2) is 0 Å². The molecule has 4 fully saturated rings. The lowest BCUT2D eigenvalue weighted by atomic mass is 9.83. The first kappa shape index (κ1) is 33.9. The molecule has 1 aromatic rings. The van der Waals surface area contributed by atoms with Gasteiger partial charge in [-0.2, -0.15) is 0 Å². The van der Waals surface area contributed by atoms with E-state index in [2.05, 4.69) is 41.9 Å². The minimum Gasteiger partial charge on any atom is -0.363 e. The number of hydrogen-bond donors (Lipinski definition) is 4. The Morgan fingerprint density at radius 2 is 1.59 bits per heavy atom.